The predicted molar refractivity (Wildman–Crippen MR) is 85.6 cm³/mol. The fourth-order valence-corrected chi connectivity index (χ4v) is 3.23. The van der Waals surface area contributed by atoms with Crippen LogP contribution in [0.4, 0.5) is 0 Å². The molecular formula is C14H18NNaO5S2. The van der Waals surface area contributed by atoms with Gasteiger partial charge in [-0.15, -0.1) is 0 Å². The molecule has 2 amide bonds. The maximum atomic E-state index is 12.1. The van der Waals surface area contributed by atoms with Crippen LogP contribution in [0, 0.1) is 0 Å². The van der Waals surface area contributed by atoms with Crippen LogP contribution in [0.1, 0.15) is 54.7 Å². The summed E-state index contributed by atoms with van der Waals surface area (Å²) in [6.45, 7) is 2.31. The summed E-state index contributed by atoms with van der Waals surface area (Å²) in [5.41, 5.74) is 0.218. The van der Waals surface area contributed by atoms with Crippen LogP contribution in [0.25, 0.3) is 0 Å². The Morgan fingerprint density at radius 2 is 1.96 bits per heavy atom. The first kappa shape index (κ1) is 20.5. The van der Waals surface area contributed by atoms with Crippen molar-refractivity contribution >= 4 is 32.1 Å². The summed E-state index contributed by atoms with van der Waals surface area (Å²) in [6.07, 6.45) is 3.84. The molecule has 0 spiro atoms. The first-order valence-electron chi connectivity index (χ1n) is 7.02. The van der Waals surface area contributed by atoms with Gasteiger partial charge >= 0.3 is 38.6 Å². The molecule has 0 aromatic heterocycles. The zero-order chi connectivity index (χ0) is 16.2. The molecule has 0 bridgehead atoms. The standard InChI is InChI=1S/C14H17NO5S2.Na.H/c1-2-3-4-5-9-19-22(18,21)20-11-8-6-7-10-12(11)14(17)15-13(10)16;;/h6-8H,2-5,9H2,1H3,(H,15,16,17);;/q;+1;-1. The molecule has 1 aliphatic rings. The zero-order valence-corrected chi connectivity index (χ0v) is 16.8. The molecule has 1 aromatic carbocycles. The van der Waals surface area contributed by atoms with Gasteiger partial charge in [-0.25, -0.2) is 0 Å². The van der Waals surface area contributed by atoms with Gasteiger partial charge in [-0.05, 0) is 18.6 Å². The minimum atomic E-state index is -3.44. The normalized spacial score (nSPS) is 15.3. The summed E-state index contributed by atoms with van der Waals surface area (Å²) >= 11 is 4.81. The molecule has 2 rings (SSSR count). The van der Waals surface area contributed by atoms with E-state index in [1.54, 1.807) is 0 Å². The van der Waals surface area contributed by atoms with Crippen LogP contribution in [0.5, 0.6) is 5.75 Å². The van der Waals surface area contributed by atoms with Gasteiger partial charge < -0.3 is 5.61 Å². The number of amides is 2. The molecule has 23 heavy (non-hydrogen) atoms. The van der Waals surface area contributed by atoms with Gasteiger partial charge in [0, 0.05) is 0 Å². The number of hydrogen-bond acceptors (Lipinski definition) is 6. The molecule has 0 fully saturated rings. The van der Waals surface area contributed by atoms with Gasteiger partial charge in [0.1, 0.15) is 0 Å². The first-order valence-corrected chi connectivity index (χ1v) is 9.35. The topological polar surface area (TPSA) is 81.7 Å². The summed E-state index contributed by atoms with van der Waals surface area (Å²) < 4.78 is 22.4. The molecule has 0 radical (unpaired) electrons. The van der Waals surface area contributed by atoms with Gasteiger partial charge in [0.05, 0.1) is 28.9 Å². The Bertz CT molecular complexity index is 696. The molecule has 1 unspecified atom stereocenters. The van der Waals surface area contributed by atoms with Crippen molar-refractivity contribution < 1.29 is 53.1 Å². The number of nitrogens with one attached hydrogen (secondary N) is 1. The van der Waals surface area contributed by atoms with Crippen molar-refractivity contribution in [2.24, 2.45) is 0 Å². The Morgan fingerprint density at radius 3 is 2.65 bits per heavy atom. The number of carbonyl (C=O) groups excluding carboxylic acids is 2. The quantitative estimate of drug-likeness (QED) is 0.370. The number of unbranched alkanes of at least 4 members (excludes halogenated alkanes) is 3. The maximum Gasteiger partial charge on any atom is 1.00 e. The van der Waals surface area contributed by atoms with E-state index in [1.807, 2.05) is 0 Å². The zero-order valence-electron chi connectivity index (χ0n) is 14.1. The molecule has 1 aromatic rings. The van der Waals surface area contributed by atoms with Crippen molar-refractivity contribution in [3.63, 3.8) is 0 Å². The van der Waals surface area contributed by atoms with E-state index in [0.717, 1.165) is 25.7 Å². The van der Waals surface area contributed by atoms with Crippen LogP contribution < -0.4 is 39.1 Å². The summed E-state index contributed by atoms with van der Waals surface area (Å²) in [7, 11) is -3.44. The van der Waals surface area contributed by atoms with Crippen molar-refractivity contribution in [3.8, 4) is 5.75 Å². The third kappa shape index (κ3) is 5.51. The predicted octanol–water partition coefficient (Wildman–Crippen LogP) is -0.761. The van der Waals surface area contributed by atoms with Crippen molar-refractivity contribution in [2.75, 3.05) is 6.61 Å². The van der Waals surface area contributed by atoms with E-state index in [1.165, 1.54) is 18.2 Å². The minimum absolute atomic E-state index is 0. The molecule has 6 nitrogen and oxygen atoms in total. The molecule has 1 atom stereocenters. The van der Waals surface area contributed by atoms with E-state index in [9.17, 15) is 13.8 Å². The fourth-order valence-electron chi connectivity index (χ4n) is 2.08. The van der Waals surface area contributed by atoms with E-state index in [-0.39, 0.29) is 54.5 Å². The Hall–Kier alpha value is -0.510. The second-order valence-electron chi connectivity index (χ2n) is 4.84. The number of fused-ring (bicyclic) bond motifs is 1. The molecule has 1 aliphatic heterocycles. The molecule has 1 heterocycles. The van der Waals surface area contributed by atoms with Crippen molar-refractivity contribution in [1.82, 2.24) is 5.32 Å². The summed E-state index contributed by atoms with van der Waals surface area (Å²) in [4.78, 5) is 23.3. The monoisotopic (exact) mass is 367 g/mol. The van der Waals surface area contributed by atoms with Crippen LogP contribution in [0.3, 0.4) is 0 Å². The van der Waals surface area contributed by atoms with Crippen LogP contribution in [-0.4, -0.2) is 22.6 Å². The molecule has 1 N–H and O–H groups in total. The van der Waals surface area contributed by atoms with Crippen LogP contribution in [0.2, 0.25) is 0 Å². The average molecular weight is 367 g/mol. The van der Waals surface area contributed by atoms with Gasteiger partial charge in [0.25, 0.3) is 11.8 Å². The van der Waals surface area contributed by atoms with E-state index in [2.05, 4.69) is 12.2 Å². The van der Waals surface area contributed by atoms with Gasteiger partial charge in [-0.1, -0.05) is 32.3 Å². The van der Waals surface area contributed by atoms with Gasteiger partial charge in [-0.2, -0.15) is 4.21 Å². The second-order valence-corrected chi connectivity index (χ2v) is 7.28. The molecule has 0 aliphatic carbocycles. The molecular weight excluding hydrogens is 349 g/mol. The smallest absolute Gasteiger partial charge is 1.00 e. The number of benzene rings is 1. The van der Waals surface area contributed by atoms with Gasteiger partial charge in [0.15, 0.2) is 5.75 Å². The van der Waals surface area contributed by atoms with Gasteiger partial charge in [-0.3, -0.25) is 19.1 Å². The van der Waals surface area contributed by atoms with Crippen LogP contribution in [-0.2, 0) is 24.4 Å². The summed E-state index contributed by atoms with van der Waals surface area (Å²) in [6, 6.07) is 4.45. The van der Waals surface area contributed by atoms with Crippen LogP contribution >= 0.6 is 0 Å². The van der Waals surface area contributed by atoms with Crippen molar-refractivity contribution in [2.45, 2.75) is 32.6 Å². The van der Waals surface area contributed by atoms with Crippen molar-refractivity contribution in [3.05, 3.63) is 29.3 Å². The molecule has 0 saturated carbocycles. The summed E-state index contributed by atoms with van der Waals surface area (Å²) in [5.74, 6) is -1.11. The van der Waals surface area contributed by atoms with Gasteiger partial charge in [0.2, 0.25) is 0 Å². The Balaban J connectivity index is 0.00000264. The second kappa shape index (κ2) is 9.10. The number of hydrogen-bond donors (Lipinski definition) is 1. The summed E-state index contributed by atoms with van der Waals surface area (Å²) in [5, 5.41) is 2.15. The maximum absolute atomic E-state index is 12.1. The largest absolute Gasteiger partial charge is 1.00 e. The van der Waals surface area contributed by atoms with E-state index < -0.39 is 20.9 Å². The van der Waals surface area contributed by atoms with E-state index in [0.29, 0.717) is 0 Å². The fraction of sp³-hybridized carbons (Fsp3) is 0.429. The van der Waals surface area contributed by atoms with Crippen LogP contribution in [0.15, 0.2) is 18.2 Å². The average Bonchev–Trinajstić information content (AvgIpc) is 2.74. The number of imide groups is 1. The SMILES string of the molecule is CCCCCCOS(=O)(=S)Oc1cccc2c1C(=O)NC2=O.[H-].[Na+]. The first-order chi connectivity index (χ1) is 10.4. The molecule has 122 valence electrons. The number of rotatable bonds is 8. The van der Waals surface area contributed by atoms with E-state index in [4.69, 9.17) is 19.6 Å². The minimum Gasteiger partial charge on any atom is -1.00 e. The Labute approximate surface area is 164 Å². The van der Waals surface area contributed by atoms with E-state index >= 15 is 0 Å². The molecule has 9 heteroatoms. The van der Waals surface area contributed by atoms with Crippen molar-refractivity contribution in [1.29, 1.82) is 0 Å². The Kier molecular flexibility index (Phi) is 8.12. The third-order valence-corrected chi connectivity index (χ3v) is 4.47. The number of carbonyl (C=O) groups is 2. The third-order valence-electron chi connectivity index (χ3n) is 3.14. The Morgan fingerprint density at radius 1 is 1.22 bits per heavy atom. The molecule has 0 saturated heterocycles.